The van der Waals surface area contributed by atoms with Crippen LogP contribution in [0.15, 0.2) is 11.4 Å². The van der Waals surface area contributed by atoms with Gasteiger partial charge in [0.25, 0.3) is 5.91 Å². The summed E-state index contributed by atoms with van der Waals surface area (Å²) in [4.78, 5) is 20.2. The van der Waals surface area contributed by atoms with Crippen molar-refractivity contribution in [2.45, 2.75) is 0 Å². The Kier molecular flexibility index (Phi) is 2.92. The molecule has 6 heteroatoms. The van der Waals surface area contributed by atoms with Crippen LogP contribution in [-0.4, -0.2) is 12.2 Å². The second-order valence-corrected chi connectivity index (χ2v) is 1.46. The van der Waals surface area contributed by atoms with Crippen LogP contribution in [0.3, 0.4) is 0 Å². The molecule has 0 spiro atoms. The highest BCUT2D eigenvalue weighted by atomic mass is 16.1. The molecule has 10 heavy (non-hydrogen) atoms. The third-order valence-electron chi connectivity index (χ3n) is 0.806. The standard InChI is InChI=1S/C4H8N4O2/c5-2(1-9)3(8-7)4(6)10/h1,8H,5,7H2,(H2,6,10). The Bertz CT molecular complexity index is 186. The van der Waals surface area contributed by atoms with Gasteiger partial charge in [0.2, 0.25) is 0 Å². The number of hydrogen-bond donors (Lipinski definition) is 4. The van der Waals surface area contributed by atoms with Gasteiger partial charge in [-0.3, -0.25) is 15.4 Å². The van der Waals surface area contributed by atoms with Crippen molar-refractivity contribution in [3.63, 3.8) is 0 Å². The lowest BCUT2D eigenvalue weighted by Gasteiger charge is -2.00. The third kappa shape index (κ3) is 1.75. The molecule has 0 fully saturated rings. The molecule has 0 saturated heterocycles. The number of hydrogen-bond acceptors (Lipinski definition) is 5. The fourth-order valence-electron chi connectivity index (χ4n) is 0.356. The molecule has 0 aromatic rings. The van der Waals surface area contributed by atoms with Crippen molar-refractivity contribution in [3.8, 4) is 0 Å². The van der Waals surface area contributed by atoms with E-state index < -0.39 is 5.91 Å². The summed E-state index contributed by atoms with van der Waals surface area (Å²) in [5.41, 5.74) is 11.1. The highest BCUT2D eigenvalue weighted by Crippen LogP contribution is 1.86. The number of primary amides is 1. The second kappa shape index (κ2) is 3.46. The van der Waals surface area contributed by atoms with Crippen molar-refractivity contribution < 1.29 is 9.59 Å². The fourth-order valence-corrected chi connectivity index (χ4v) is 0.356. The molecule has 0 unspecified atom stereocenters. The maximum atomic E-state index is 10.3. The molecule has 0 radical (unpaired) electrons. The van der Waals surface area contributed by atoms with E-state index in [1.54, 1.807) is 0 Å². The van der Waals surface area contributed by atoms with Crippen LogP contribution in [0.25, 0.3) is 0 Å². The lowest BCUT2D eigenvalue weighted by atomic mass is 10.3. The predicted molar refractivity (Wildman–Crippen MR) is 33.8 cm³/mol. The van der Waals surface area contributed by atoms with E-state index in [1.807, 2.05) is 5.43 Å². The summed E-state index contributed by atoms with van der Waals surface area (Å²) in [5, 5.41) is 0. The van der Waals surface area contributed by atoms with E-state index in [4.69, 9.17) is 17.3 Å². The van der Waals surface area contributed by atoms with Gasteiger partial charge in [-0.05, 0) is 0 Å². The molecule has 0 heterocycles. The van der Waals surface area contributed by atoms with E-state index in [1.165, 1.54) is 0 Å². The summed E-state index contributed by atoms with van der Waals surface area (Å²) >= 11 is 0. The molecule has 0 aromatic heterocycles. The van der Waals surface area contributed by atoms with Gasteiger partial charge in [0.05, 0.1) is 0 Å². The molecule has 1 amide bonds. The minimum atomic E-state index is -0.868. The van der Waals surface area contributed by atoms with Gasteiger partial charge in [0.15, 0.2) is 6.29 Å². The Labute approximate surface area is 57.0 Å². The van der Waals surface area contributed by atoms with Gasteiger partial charge in [-0.2, -0.15) is 0 Å². The average Bonchev–Trinajstić information content (AvgIpc) is 1.88. The summed E-state index contributed by atoms with van der Waals surface area (Å²) in [7, 11) is 0. The summed E-state index contributed by atoms with van der Waals surface area (Å²) in [6.45, 7) is 0. The molecular formula is C4H8N4O2. The molecule has 0 rings (SSSR count). The molecule has 0 aliphatic heterocycles. The second-order valence-electron chi connectivity index (χ2n) is 1.46. The third-order valence-corrected chi connectivity index (χ3v) is 0.806. The first kappa shape index (κ1) is 8.44. The van der Waals surface area contributed by atoms with Crippen molar-refractivity contribution in [1.29, 1.82) is 0 Å². The maximum Gasteiger partial charge on any atom is 0.268 e. The van der Waals surface area contributed by atoms with Gasteiger partial charge in [-0.1, -0.05) is 0 Å². The molecule has 0 aliphatic rings. The topological polar surface area (TPSA) is 124 Å². The number of hydrazine groups is 1. The molecule has 0 aromatic carbocycles. The van der Waals surface area contributed by atoms with Crippen molar-refractivity contribution >= 4 is 12.2 Å². The molecule has 6 nitrogen and oxygen atoms in total. The van der Waals surface area contributed by atoms with Crippen LogP contribution < -0.4 is 22.7 Å². The van der Waals surface area contributed by atoms with Gasteiger partial charge in [0.1, 0.15) is 11.4 Å². The molecule has 0 atom stereocenters. The Morgan fingerprint density at radius 2 is 1.90 bits per heavy atom. The zero-order valence-corrected chi connectivity index (χ0v) is 5.13. The van der Waals surface area contributed by atoms with Gasteiger partial charge < -0.3 is 16.9 Å². The molecule has 0 saturated carbocycles. The first-order chi connectivity index (χ1) is 4.63. The lowest BCUT2D eigenvalue weighted by molar-refractivity contribution is -0.115. The maximum absolute atomic E-state index is 10.3. The number of allylic oxidation sites excluding steroid dienone is 1. The van der Waals surface area contributed by atoms with Crippen molar-refractivity contribution in [3.05, 3.63) is 11.4 Å². The summed E-state index contributed by atoms with van der Waals surface area (Å²) < 4.78 is 0. The smallest absolute Gasteiger partial charge is 0.268 e. The van der Waals surface area contributed by atoms with Crippen LogP contribution in [0.1, 0.15) is 0 Å². The van der Waals surface area contributed by atoms with Crippen LogP contribution >= 0.6 is 0 Å². The molecule has 0 aliphatic carbocycles. The molecular weight excluding hydrogens is 136 g/mol. The van der Waals surface area contributed by atoms with Crippen molar-refractivity contribution in [2.75, 3.05) is 0 Å². The minimum absolute atomic E-state index is 0.278. The predicted octanol–water partition coefficient (Wildman–Crippen LogP) is -2.70. The molecule has 7 N–H and O–H groups in total. The Morgan fingerprint density at radius 3 is 2.00 bits per heavy atom. The van der Waals surface area contributed by atoms with Gasteiger partial charge >= 0.3 is 0 Å². The normalized spacial score (nSPS) is 11.7. The van der Waals surface area contributed by atoms with Crippen molar-refractivity contribution in [2.24, 2.45) is 17.3 Å². The van der Waals surface area contributed by atoms with Crippen LogP contribution in [0, 0.1) is 0 Å². The Balaban J connectivity index is 4.62. The zero-order valence-electron chi connectivity index (χ0n) is 5.13. The number of amides is 1. The van der Waals surface area contributed by atoms with Crippen LogP contribution in [0.4, 0.5) is 0 Å². The van der Waals surface area contributed by atoms with E-state index in [0.29, 0.717) is 0 Å². The molecule has 0 bridgehead atoms. The first-order valence-electron chi connectivity index (χ1n) is 2.34. The van der Waals surface area contributed by atoms with Crippen molar-refractivity contribution in [1.82, 2.24) is 5.43 Å². The number of carbonyl (C=O) groups excluding carboxylic acids is 2. The number of rotatable bonds is 3. The number of nitrogens with two attached hydrogens (primary N) is 3. The number of carbonyl (C=O) groups is 2. The highest BCUT2D eigenvalue weighted by molar-refractivity contribution is 5.96. The monoisotopic (exact) mass is 144 g/mol. The minimum Gasteiger partial charge on any atom is -0.394 e. The molecule has 56 valence electrons. The van der Waals surface area contributed by atoms with Gasteiger partial charge in [-0.15, -0.1) is 0 Å². The largest absolute Gasteiger partial charge is 0.394 e. The first-order valence-corrected chi connectivity index (χ1v) is 2.34. The summed E-state index contributed by atoms with van der Waals surface area (Å²) in [6, 6.07) is 0. The summed E-state index contributed by atoms with van der Waals surface area (Å²) in [6.07, 6.45) is 0.278. The number of nitrogens with one attached hydrogen (secondary N) is 1. The van der Waals surface area contributed by atoms with E-state index in [0.717, 1.165) is 0 Å². The van der Waals surface area contributed by atoms with E-state index in [2.05, 4.69) is 0 Å². The van der Waals surface area contributed by atoms with Crippen LogP contribution in [0.5, 0.6) is 0 Å². The van der Waals surface area contributed by atoms with Gasteiger partial charge in [0, 0.05) is 0 Å². The quantitative estimate of drug-likeness (QED) is 0.148. The zero-order chi connectivity index (χ0) is 8.15. The van der Waals surface area contributed by atoms with E-state index >= 15 is 0 Å². The summed E-state index contributed by atoms with van der Waals surface area (Å²) in [5.74, 6) is 3.93. The fraction of sp³-hybridized carbons (Fsp3) is 0. The van der Waals surface area contributed by atoms with Gasteiger partial charge in [-0.25, -0.2) is 0 Å². The van der Waals surface area contributed by atoms with Crippen LogP contribution in [0.2, 0.25) is 0 Å². The van der Waals surface area contributed by atoms with Crippen LogP contribution in [-0.2, 0) is 9.59 Å². The van der Waals surface area contributed by atoms with E-state index in [-0.39, 0.29) is 17.7 Å². The highest BCUT2D eigenvalue weighted by Gasteiger charge is 2.06. The Morgan fingerprint density at radius 1 is 1.40 bits per heavy atom. The van der Waals surface area contributed by atoms with E-state index in [9.17, 15) is 9.59 Å². The lowest BCUT2D eigenvalue weighted by Crippen LogP contribution is -2.34. The number of aldehydes is 1. The average molecular weight is 144 g/mol. The SMILES string of the molecule is NNC(C(N)=O)=C(N)C=O. The Hall–Kier alpha value is -1.56.